The van der Waals surface area contributed by atoms with Crippen LogP contribution in [0.5, 0.6) is 0 Å². The minimum absolute atomic E-state index is 0.0773. The number of carbonyl (C=O) groups is 4. The molecule has 1 heterocycles. The Balaban J connectivity index is 1.48. The summed E-state index contributed by atoms with van der Waals surface area (Å²) in [6, 6.07) is 16.0. The van der Waals surface area contributed by atoms with Crippen molar-refractivity contribution in [3.8, 4) is 0 Å². The van der Waals surface area contributed by atoms with E-state index >= 15 is 0 Å². The van der Waals surface area contributed by atoms with Crippen LogP contribution in [-0.2, 0) is 25.7 Å². The quantitative estimate of drug-likeness (QED) is 0.575. The van der Waals surface area contributed by atoms with Gasteiger partial charge in [-0.3, -0.25) is 19.2 Å². The van der Waals surface area contributed by atoms with Gasteiger partial charge in [0.05, 0.1) is 5.92 Å². The van der Waals surface area contributed by atoms with E-state index in [1.165, 1.54) is 6.92 Å². The van der Waals surface area contributed by atoms with Gasteiger partial charge in [0.2, 0.25) is 5.91 Å². The number of nitrogens with one attached hydrogen (secondary N) is 1. The van der Waals surface area contributed by atoms with E-state index in [-0.39, 0.29) is 24.7 Å². The molecular weight excluding hydrogens is 372 g/mol. The highest BCUT2D eigenvalue weighted by Crippen LogP contribution is 2.21. The van der Waals surface area contributed by atoms with Crippen molar-refractivity contribution in [3.05, 3.63) is 65.7 Å². The number of likely N-dealkylation sites (tertiary alicyclic amines) is 1. The van der Waals surface area contributed by atoms with E-state index < -0.39 is 24.4 Å². The summed E-state index contributed by atoms with van der Waals surface area (Å²) >= 11 is 0. The molecule has 1 N–H and O–H groups in total. The Bertz CT molecular complexity index is 926. The van der Waals surface area contributed by atoms with Crippen molar-refractivity contribution >= 4 is 29.3 Å². The minimum atomic E-state index is -0.583. The largest absolute Gasteiger partial charge is 0.455 e. The van der Waals surface area contributed by atoms with Gasteiger partial charge in [0.15, 0.2) is 12.4 Å². The first kappa shape index (κ1) is 20.3. The molecule has 150 valence electrons. The lowest BCUT2D eigenvalue weighted by atomic mass is 10.1. The van der Waals surface area contributed by atoms with Gasteiger partial charge in [0.1, 0.15) is 0 Å². The number of rotatable bonds is 7. The van der Waals surface area contributed by atoms with Gasteiger partial charge in [-0.1, -0.05) is 42.5 Å². The van der Waals surface area contributed by atoms with Crippen molar-refractivity contribution in [1.82, 2.24) is 4.90 Å². The molecule has 7 nitrogen and oxygen atoms in total. The summed E-state index contributed by atoms with van der Waals surface area (Å²) in [7, 11) is 0. The van der Waals surface area contributed by atoms with E-state index in [2.05, 4.69) is 5.32 Å². The number of ether oxygens (including phenoxy) is 1. The van der Waals surface area contributed by atoms with Gasteiger partial charge in [-0.25, -0.2) is 0 Å². The molecule has 0 radical (unpaired) electrons. The maximum atomic E-state index is 12.3. The molecule has 3 rings (SSSR count). The van der Waals surface area contributed by atoms with Crippen molar-refractivity contribution in [2.75, 3.05) is 18.5 Å². The summed E-state index contributed by atoms with van der Waals surface area (Å²) in [6.45, 7) is 1.70. The van der Waals surface area contributed by atoms with Crippen molar-refractivity contribution < 1.29 is 23.9 Å². The van der Waals surface area contributed by atoms with E-state index in [0.29, 0.717) is 17.8 Å². The van der Waals surface area contributed by atoms with E-state index in [1.54, 1.807) is 29.2 Å². The third kappa shape index (κ3) is 5.51. The summed E-state index contributed by atoms with van der Waals surface area (Å²) in [6.07, 6.45) is 0.0773. The Morgan fingerprint density at radius 1 is 1.10 bits per heavy atom. The second-order valence-electron chi connectivity index (χ2n) is 6.95. The number of ketones is 1. The van der Waals surface area contributed by atoms with Gasteiger partial charge in [0, 0.05) is 30.8 Å². The summed E-state index contributed by atoms with van der Waals surface area (Å²) < 4.78 is 5.09. The first-order valence-electron chi connectivity index (χ1n) is 9.31. The summed E-state index contributed by atoms with van der Waals surface area (Å²) in [5.74, 6) is -1.88. The molecule has 1 aliphatic rings. The number of Topliss-reactive ketones (excluding diaryl/α,β-unsaturated/α-hetero) is 1. The van der Waals surface area contributed by atoms with Crippen LogP contribution in [0.15, 0.2) is 54.6 Å². The number of amides is 2. The molecule has 7 heteroatoms. The van der Waals surface area contributed by atoms with Crippen LogP contribution in [0.2, 0.25) is 0 Å². The number of benzene rings is 2. The second-order valence-corrected chi connectivity index (χ2v) is 6.95. The lowest BCUT2D eigenvalue weighted by Gasteiger charge is -2.16. The van der Waals surface area contributed by atoms with Crippen LogP contribution in [0.1, 0.15) is 29.3 Å². The predicted molar refractivity (Wildman–Crippen MR) is 106 cm³/mol. The van der Waals surface area contributed by atoms with Crippen LogP contribution < -0.4 is 5.32 Å². The fourth-order valence-electron chi connectivity index (χ4n) is 3.15. The molecular formula is C22H22N2O5. The van der Waals surface area contributed by atoms with Gasteiger partial charge in [-0.15, -0.1) is 0 Å². The lowest BCUT2D eigenvalue weighted by Crippen LogP contribution is -2.28. The zero-order valence-corrected chi connectivity index (χ0v) is 16.1. The fourth-order valence-corrected chi connectivity index (χ4v) is 3.15. The third-order valence-electron chi connectivity index (χ3n) is 4.66. The Hall–Kier alpha value is -3.48. The molecule has 0 unspecified atom stereocenters. The number of carbonyl (C=O) groups excluding carboxylic acids is 4. The normalized spacial score (nSPS) is 15.8. The van der Waals surface area contributed by atoms with Gasteiger partial charge < -0.3 is 15.0 Å². The molecule has 2 aromatic rings. The maximum absolute atomic E-state index is 12.3. The molecule has 0 aromatic heterocycles. The Morgan fingerprint density at radius 2 is 1.86 bits per heavy atom. The average molecular weight is 394 g/mol. The first-order valence-corrected chi connectivity index (χ1v) is 9.31. The van der Waals surface area contributed by atoms with E-state index in [4.69, 9.17) is 4.74 Å². The van der Waals surface area contributed by atoms with Crippen LogP contribution in [0.4, 0.5) is 5.69 Å². The van der Waals surface area contributed by atoms with Crippen LogP contribution in [-0.4, -0.2) is 41.6 Å². The van der Waals surface area contributed by atoms with Crippen molar-refractivity contribution in [1.29, 1.82) is 0 Å². The predicted octanol–water partition coefficient (Wildman–Crippen LogP) is 2.42. The first-order chi connectivity index (χ1) is 13.9. The second kappa shape index (κ2) is 9.14. The number of esters is 1. The standard InChI is InChI=1S/C22H22N2O5/c1-15(25)17-8-5-9-19(10-17)23-20(26)14-29-22(28)18-11-21(27)24(13-18)12-16-6-3-2-4-7-16/h2-10,18H,11-14H2,1H3,(H,23,26)/t18-/m1/s1. The molecule has 2 aromatic carbocycles. The Morgan fingerprint density at radius 3 is 2.59 bits per heavy atom. The topological polar surface area (TPSA) is 92.8 Å². The zero-order chi connectivity index (χ0) is 20.8. The maximum Gasteiger partial charge on any atom is 0.311 e. The minimum Gasteiger partial charge on any atom is -0.455 e. The van der Waals surface area contributed by atoms with Crippen LogP contribution in [0.25, 0.3) is 0 Å². The molecule has 1 fully saturated rings. The molecule has 2 amide bonds. The Labute approximate surface area is 168 Å². The molecule has 1 aliphatic heterocycles. The fraction of sp³-hybridized carbons (Fsp3) is 0.273. The molecule has 1 saturated heterocycles. The molecule has 29 heavy (non-hydrogen) atoms. The summed E-state index contributed by atoms with van der Waals surface area (Å²) in [4.78, 5) is 49.5. The average Bonchev–Trinajstić information content (AvgIpc) is 3.07. The van der Waals surface area contributed by atoms with E-state index in [1.807, 2.05) is 30.3 Å². The van der Waals surface area contributed by atoms with Crippen molar-refractivity contribution in [3.63, 3.8) is 0 Å². The monoisotopic (exact) mass is 394 g/mol. The van der Waals surface area contributed by atoms with Crippen LogP contribution in [0.3, 0.4) is 0 Å². The smallest absolute Gasteiger partial charge is 0.311 e. The molecule has 0 bridgehead atoms. The van der Waals surface area contributed by atoms with Crippen molar-refractivity contribution in [2.24, 2.45) is 5.92 Å². The van der Waals surface area contributed by atoms with Crippen molar-refractivity contribution in [2.45, 2.75) is 19.9 Å². The zero-order valence-electron chi connectivity index (χ0n) is 16.1. The number of hydrogen-bond acceptors (Lipinski definition) is 5. The molecule has 0 saturated carbocycles. The summed E-state index contributed by atoms with van der Waals surface area (Å²) in [5.41, 5.74) is 1.91. The molecule has 1 atom stereocenters. The summed E-state index contributed by atoms with van der Waals surface area (Å²) in [5, 5.41) is 2.59. The molecule has 0 aliphatic carbocycles. The molecule has 0 spiro atoms. The van der Waals surface area contributed by atoms with E-state index in [0.717, 1.165) is 5.56 Å². The lowest BCUT2D eigenvalue weighted by molar-refractivity contribution is -0.151. The third-order valence-corrected chi connectivity index (χ3v) is 4.66. The highest BCUT2D eigenvalue weighted by molar-refractivity contribution is 5.97. The van der Waals surface area contributed by atoms with Gasteiger partial charge in [-0.05, 0) is 24.6 Å². The number of nitrogens with zero attached hydrogens (tertiary/aromatic N) is 1. The highest BCUT2D eigenvalue weighted by Gasteiger charge is 2.35. The Kier molecular flexibility index (Phi) is 6.39. The number of hydrogen-bond donors (Lipinski definition) is 1. The van der Waals surface area contributed by atoms with Gasteiger partial charge >= 0.3 is 5.97 Å². The van der Waals surface area contributed by atoms with Gasteiger partial charge in [-0.2, -0.15) is 0 Å². The van der Waals surface area contributed by atoms with Crippen LogP contribution >= 0.6 is 0 Å². The van der Waals surface area contributed by atoms with E-state index in [9.17, 15) is 19.2 Å². The SMILES string of the molecule is CC(=O)c1cccc(NC(=O)COC(=O)[C@@H]2CC(=O)N(Cc3ccccc3)C2)c1. The highest BCUT2D eigenvalue weighted by atomic mass is 16.5. The number of anilines is 1. The van der Waals surface area contributed by atoms with Gasteiger partial charge in [0.25, 0.3) is 5.91 Å². The van der Waals surface area contributed by atoms with Crippen LogP contribution in [0, 0.1) is 5.92 Å².